The summed E-state index contributed by atoms with van der Waals surface area (Å²) in [6.07, 6.45) is 23.5. The normalized spacial score (nSPS) is 20.4. The van der Waals surface area contributed by atoms with Crippen molar-refractivity contribution < 1.29 is 44.1 Å². The second-order valence-electron chi connectivity index (χ2n) is 36.7. The molecule has 12 aromatic rings. The molecule has 128 heavy (non-hydrogen) atoms. The lowest BCUT2D eigenvalue weighted by Crippen LogP contribution is -2.48. The fourth-order valence-electron chi connectivity index (χ4n) is 22.2. The minimum absolute atomic E-state index is 0.0235. The van der Waals surface area contributed by atoms with Gasteiger partial charge in [0.05, 0.1) is 56.9 Å². The Hall–Kier alpha value is -14.1. The van der Waals surface area contributed by atoms with Gasteiger partial charge in [-0.3, -0.25) is 0 Å². The Kier molecular flexibility index (Phi) is 19.2. The molecule has 4 aromatic heterocycles. The van der Waals surface area contributed by atoms with Gasteiger partial charge in [0.15, 0.2) is 0 Å². The third-order valence-electron chi connectivity index (χ3n) is 28.3. The molecule has 0 saturated heterocycles. The molecule has 8 aromatic carbocycles. The van der Waals surface area contributed by atoms with E-state index in [1.165, 1.54) is 37.0 Å². The summed E-state index contributed by atoms with van der Waals surface area (Å²) in [5.41, 5.74) is 7.22. The number of aromatic nitrogens is 12. The average Bonchev–Trinajstić information content (AvgIpc) is 1.52. The lowest BCUT2D eigenvalue weighted by Gasteiger charge is -2.44. The number of hydrogen-bond donors (Lipinski definition) is 4. The van der Waals surface area contributed by atoms with E-state index in [2.05, 4.69) is 39.0 Å². The van der Waals surface area contributed by atoms with Crippen molar-refractivity contribution in [3.63, 3.8) is 0 Å². The molecular weight excluding hydrogens is 1630 g/mol. The Labute approximate surface area is 732 Å². The van der Waals surface area contributed by atoms with E-state index in [-0.39, 0.29) is 74.8 Å². The van der Waals surface area contributed by atoms with E-state index in [1.807, 2.05) is 79.7 Å². The van der Waals surface area contributed by atoms with E-state index in [9.17, 15) is 58.8 Å². The molecular formula is C99H98N12O17. The van der Waals surface area contributed by atoms with Gasteiger partial charge in [0.2, 0.25) is 0 Å². The summed E-state index contributed by atoms with van der Waals surface area (Å²) in [5, 5.41) is 40.3. The molecule has 0 amide bonds. The summed E-state index contributed by atoms with van der Waals surface area (Å²) in [5.74, 6) is 3.46. The highest BCUT2D eigenvalue weighted by Gasteiger charge is 2.56. The van der Waals surface area contributed by atoms with E-state index < -0.39 is 52.3 Å². The maximum atomic E-state index is 13.8. The number of allylic oxidation sites excluding steroid dienone is 4. The fraction of sp³-hybridized carbons (Fsp3) is 0.354. The Morgan fingerprint density at radius 2 is 0.641 bits per heavy atom. The zero-order valence-corrected chi connectivity index (χ0v) is 71.7. The first-order valence-corrected chi connectivity index (χ1v) is 44.3. The van der Waals surface area contributed by atoms with Crippen LogP contribution in [0.5, 0.6) is 51.7 Å². The van der Waals surface area contributed by atoms with Gasteiger partial charge in [0, 0.05) is 68.8 Å². The second kappa shape index (κ2) is 30.3. The van der Waals surface area contributed by atoms with Crippen molar-refractivity contribution in [1.29, 1.82) is 0 Å². The van der Waals surface area contributed by atoms with Crippen LogP contribution in [-0.2, 0) is 38.1 Å². The zero-order chi connectivity index (χ0) is 88.4. The number of nitrogens with zero attached hydrogens (tertiary/aromatic N) is 12. The van der Waals surface area contributed by atoms with Crippen molar-refractivity contribution in [2.24, 2.45) is 0 Å². The lowest BCUT2D eigenvalue weighted by molar-refractivity contribution is 0.0828. The van der Waals surface area contributed by atoms with Gasteiger partial charge >= 0.3 is 45.5 Å². The number of fused-ring (bicyclic) bond motifs is 24. The SMILES string of the molecule is CC(C)(C)c1ccc(-n2c(=O)n3n(c2=O)C2C(=CC3)C3(CCCC3)Oc3cc(O)ccc32)cc1.COc1ccc(-n2c(=O)n3n(c2=O)C2C(=CC3)C3(CCCC3)Oc3cc(O)ccc32)cc1.Cc1ccc(-n2c(=O)n3n(c2=O)C2C(=CC3)C3(CCCC3)Oc3cc(O)ccc32)cc1.O=c1n(Cc2ccccc2)c(=O)n2n1CC=C1C2c2ccc(O)cc2OC12CCCC2. The van der Waals surface area contributed by atoms with Gasteiger partial charge in [0.25, 0.3) is 0 Å². The summed E-state index contributed by atoms with van der Waals surface area (Å²) in [6, 6.07) is 49.8. The molecule has 4 saturated carbocycles. The topological polar surface area (TPSA) is 323 Å². The molecule has 4 fully saturated rings. The van der Waals surface area contributed by atoms with Crippen LogP contribution in [0.2, 0.25) is 0 Å². The van der Waals surface area contributed by atoms with Crippen LogP contribution in [0.15, 0.2) is 261 Å². The van der Waals surface area contributed by atoms with Gasteiger partial charge in [0.1, 0.15) is 98.3 Å². The maximum absolute atomic E-state index is 13.8. The van der Waals surface area contributed by atoms with E-state index in [1.54, 1.807) is 135 Å². The van der Waals surface area contributed by atoms with E-state index in [0.717, 1.165) is 164 Å². The van der Waals surface area contributed by atoms with Crippen molar-refractivity contribution in [2.45, 2.75) is 215 Å². The minimum atomic E-state index is -0.506. The Bertz CT molecular complexity index is 7190. The second-order valence-corrected chi connectivity index (χ2v) is 36.7. The van der Waals surface area contributed by atoms with Crippen LogP contribution in [-0.4, -0.2) is 106 Å². The highest BCUT2D eigenvalue weighted by atomic mass is 16.5. The summed E-state index contributed by atoms with van der Waals surface area (Å²) in [6.45, 7) is 9.91. The molecule has 4 unspecified atom stereocenters. The summed E-state index contributed by atoms with van der Waals surface area (Å²) < 4.78 is 48.6. The molecule has 4 spiro atoms. The highest BCUT2D eigenvalue weighted by molar-refractivity contribution is 5.57. The van der Waals surface area contributed by atoms with Crippen molar-refractivity contribution in [1.82, 2.24) is 55.7 Å². The van der Waals surface area contributed by atoms with Gasteiger partial charge in [-0.15, -0.1) is 0 Å². The van der Waals surface area contributed by atoms with Crippen molar-refractivity contribution in [3.8, 4) is 68.8 Å². The molecule has 0 radical (unpaired) electrons. The molecule has 29 heteroatoms. The Balaban J connectivity index is 0.000000104. The summed E-state index contributed by atoms with van der Waals surface area (Å²) >= 11 is 0. The van der Waals surface area contributed by atoms with Gasteiger partial charge in [-0.2, -0.15) is 0 Å². The number of hydrogen-bond acceptors (Lipinski definition) is 17. The molecule has 12 aliphatic rings. The maximum Gasteiger partial charge on any atom is 0.352 e. The van der Waals surface area contributed by atoms with E-state index in [0.29, 0.717) is 72.0 Å². The van der Waals surface area contributed by atoms with Gasteiger partial charge < -0.3 is 44.1 Å². The smallest absolute Gasteiger partial charge is 0.352 e. The van der Waals surface area contributed by atoms with Crippen LogP contribution in [0.1, 0.15) is 187 Å². The number of aryl methyl sites for hydroxylation is 1. The number of aromatic hydroxyl groups is 4. The lowest BCUT2D eigenvalue weighted by atomic mass is 9.79. The first-order valence-electron chi connectivity index (χ1n) is 44.3. The van der Waals surface area contributed by atoms with Crippen molar-refractivity contribution in [2.75, 3.05) is 7.11 Å². The zero-order valence-electron chi connectivity index (χ0n) is 71.7. The first-order chi connectivity index (χ1) is 61.8. The number of rotatable bonds is 6. The van der Waals surface area contributed by atoms with Crippen LogP contribution in [0, 0.1) is 6.92 Å². The van der Waals surface area contributed by atoms with E-state index in [4.69, 9.17) is 23.7 Å². The standard InChI is InChI=1S/C27H29N3O4.C24H23N3O5.2C24H23N3O4/c1-26(2,3)17-6-8-18(9-7-17)29-24(32)28-15-12-21-23(30(28)25(29)33)20-11-10-19(31)16-22(20)34-27(21)13-4-5-14-27;1-31-17-7-4-15(5-8-17)26-22(29)25-13-10-19-21(27(25)23(26)30)18-9-6-16(28)14-20(18)32-24(19)11-2-3-12-24;1-15-4-6-16(7-5-15)26-22(29)25-13-10-19-21(27(25)23(26)30)18-9-8-17(28)14-20(18)31-24(19)11-2-3-12-24;28-17-8-9-18-20(14-17)31-24(11-4-5-12-24)19-10-13-26-22(29)25(23(30)27(26)21(18)19)15-16-6-2-1-3-7-16/h6-12,16,23,31H,4-5,13-15H2,1-3H3;4-10,14,21,28H,2-3,11-13H2,1H3;4-10,14,21,28H,2-3,11-13H2,1H3;1-3,6-10,14,21,28H,4-5,11-13,15H2. The molecule has 4 aliphatic carbocycles. The fourth-order valence-corrected chi connectivity index (χ4v) is 22.2. The largest absolute Gasteiger partial charge is 0.508 e. The van der Waals surface area contributed by atoms with E-state index >= 15 is 0 Å². The number of phenols is 4. The van der Waals surface area contributed by atoms with Gasteiger partial charge in [-0.1, -0.05) is 105 Å². The third-order valence-corrected chi connectivity index (χ3v) is 28.3. The number of methoxy groups -OCH3 is 1. The van der Waals surface area contributed by atoms with Crippen LogP contribution < -0.4 is 69.2 Å². The van der Waals surface area contributed by atoms with Crippen LogP contribution in [0.3, 0.4) is 0 Å². The minimum Gasteiger partial charge on any atom is -0.508 e. The van der Waals surface area contributed by atoms with Crippen molar-refractivity contribution >= 4 is 0 Å². The predicted molar refractivity (Wildman–Crippen MR) is 476 cm³/mol. The quantitative estimate of drug-likeness (QED) is 0.112. The average molecular weight is 1730 g/mol. The Morgan fingerprint density at radius 1 is 0.352 bits per heavy atom. The third kappa shape index (κ3) is 12.8. The predicted octanol–water partition coefficient (Wildman–Crippen LogP) is 12.6. The van der Waals surface area contributed by atoms with Crippen LogP contribution in [0.4, 0.5) is 0 Å². The molecule has 656 valence electrons. The molecule has 8 aliphatic heterocycles. The summed E-state index contributed by atoms with van der Waals surface area (Å²) in [4.78, 5) is 108. The molecule has 0 bridgehead atoms. The molecule has 24 rings (SSSR count). The molecule has 29 nitrogen and oxygen atoms in total. The Morgan fingerprint density at radius 3 is 0.945 bits per heavy atom. The summed E-state index contributed by atoms with van der Waals surface area (Å²) in [7, 11) is 1.57. The molecule has 4 atom stereocenters. The van der Waals surface area contributed by atoms with Gasteiger partial charge in [-0.25, -0.2) is 94.1 Å². The van der Waals surface area contributed by atoms with Crippen LogP contribution in [0.25, 0.3) is 17.1 Å². The highest BCUT2D eigenvalue weighted by Crippen LogP contribution is 2.58. The number of benzene rings is 8. The van der Waals surface area contributed by atoms with Gasteiger partial charge in [-0.05, 0) is 223 Å². The molecule has 12 heterocycles. The van der Waals surface area contributed by atoms with Crippen LogP contribution >= 0.6 is 0 Å². The van der Waals surface area contributed by atoms with Crippen molar-refractivity contribution in [3.05, 3.63) is 345 Å². The number of phenolic OH excluding ortho intramolecular Hbond substituents is 4. The monoisotopic (exact) mass is 1730 g/mol. The molecule has 4 N–H and O–H groups in total. The first kappa shape index (κ1) is 81.0. The number of ether oxygens (including phenoxy) is 5.